The van der Waals surface area contributed by atoms with Gasteiger partial charge in [-0.1, -0.05) is 6.07 Å². The quantitative estimate of drug-likeness (QED) is 0.632. The van der Waals surface area contributed by atoms with Gasteiger partial charge in [-0.25, -0.2) is 4.98 Å². The number of Topliss-reactive ketones (excluding diaryl/α,β-unsaturated/α-hetero) is 1. The van der Waals surface area contributed by atoms with E-state index in [4.69, 9.17) is 4.74 Å². The average molecular weight is 367 g/mol. The largest absolute Gasteiger partial charge is 0.437 e. The predicted molar refractivity (Wildman–Crippen MR) is 99.8 cm³/mol. The van der Waals surface area contributed by atoms with Crippen molar-refractivity contribution in [2.24, 2.45) is 0 Å². The summed E-state index contributed by atoms with van der Waals surface area (Å²) >= 11 is 1.45. The summed E-state index contributed by atoms with van der Waals surface area (Å²) in [7, 11) is 0. The second-order valence-corrected chi connectivity index (χ2v) is 6.84. The molecule has 0 saturated carbocycles. The molecule has 1 aromatic carbocycles. The standard InChI is InChI=1S/C19H17N3O3S/c1-13-5-7-17(26-13)16(23)6-8-18(24)22-14-3-2-4-15(11-14)25-19-12-20-9-10-21-19/h2-5,7,9-12H,6,8H2,1H3,(H,22,24). The van der Waals surface area contributed by atoms with Crippen LogP contribution in [0.2, 0.25) is 0 Å². The Hall–Kier alpha value is -3.06. The van der Waals surface area contributed by atoms with E-state index < -0.39 is 0 Å². The number of carbonyl (C=O) groups excluding carboxylic acids is 2. The molecule has 0 spiro atoms. The molecular formula is C19H17N3O3S. The smallest absolute Gasteiger partial charge is 0.237 e. The van der Waals surface area contributed by atoms with Gasteiger partial charge in [0.1, 0.15) is 5.75 Å². The Balaban J connectivity index is 1.54. The van der Waals surface area contributed by atoms with Gasteiger partial charge in [-0.05, 0) is 31.2 Å². The van der Waals surface area contributed by atoms with E-state index in [0.717, 1.165) is 4.88 Å². The summed E-state index contributed by atoms with van der Waals surface area (Å²) < 4.78 is 5.58. The second-order valence-electron chi connectivity index (χ2n) is 5.56. The van der Waals surface area contributed by atoms with E-state index in [1.54, 1.807) is 36.5 Å². The molecule has 2 heterocycles. The number of amides is 1. The van der Waals surface area contributed by atoms with Crippen molar-refractivity contribution >= 4 is 28.7 Å². The van der Waals surface area contributed by atoms with Crippen LogP contribution in [0.5, 0.6) is 11.6 Å². The number of nitrogens with zero attached hydrogens (tertiary/aromatic N) is 2. The van der Waals surface area contributed by atoms with E-state index in [1.165, 1.54) is 23.7 Å². The number of carbonyl (C=O) groups is 2. The fourth-order valence-electron chi connectivity index (χ4n) is 2.25. The summed E-state index contributed by atoms with van der Waals surface area (Å²) in [6, 6.07) is 10.7. The third-order valence-corrected chi connectivity index (χ3v) is 4.52. The molecule has 1 amide bonds. The number of ether oxygens (including phenoxy) is 1. The molecule has 1 N–H and O–H groups in total. The normalized spacial score (nSPS) is 10.3. The van der Waals surface area contributed by atoms with Gasteiger partial charge in [0.2, 0.25) is 11.8 Å². The Morgan fingerprint density at radius 3 is 2.77 bits per heavy atom. The Morgan fingerprint density at radius 2 is 2.04 bits per heavy atom. The van der Waals surface area contributed by atoms with Gasteiger partial charge in [0.25, 0.3) is 0 Å². The third-order valence-electron chi connectivity index (χ3n) is 3.47. The topological polar surface area (TPSA) is 81.2 Å². The second kappa shape index (κ2) is 8.35. The predicted octanol–water partition coefficient (Wildman–Crippen LogP) is 4.24. The lowest BCUT2D eigenvalue weighted by Gasteiger charge is -2.08. The van der Waals surface area contributed by atoms with E-state index in [2.05, 4.69) is 15.3 Å². The van der Waals surface area contributed by atoms with Crippen LogP contribution < -0.4 is 10.1 Å². The molecule has 0 aliphatic rings. The van der Waals surface area contributed by atoms with Crippen LogP contribution in [0.15, 0.2) is 55.0 Å². The Labute approximate surface area is 154 Å². The zero-order valence-corrected chi connectivity index (χ0v) is 15.0. The van der Waals surface area contributed by atoms with Gasteiger partial charge in [-0.2, -0.15) is 0 Å². The minimum absolute atomic E-state index is 0.0158. The first-order valence-electron chi connectivity index (χ1n) is 8.03. The molecule has 0 bridgehead atoms. The van der Waals surface area contributed by atoms with Crippen LogP contribution in [-0.4, -0.2) is 21.7 Å². The van der Waals surface area contributed by atoms with E-state index >= 15 is 0 Å². The van der Waals surface area contributed by atoms with E-state index in [0.29, 0.717) is 22.2 Å². The fraction of sp³-hybridized carbons (Fsp3) is 0.158. The molecular weight excluding hydrogens is 350 g/mol. The maximum atomic E-state index is 12.1. The number of rotatable bonds is 7. The van der Waals surface area contributed by atoms with Crippen molar-refractivity contribution in [1.29, 1.82) is 0 Å². The van der Waals surface area contributed by atoms with Crippen molar-refractivity contribution in [1.82, 2.24) is 9.97 Å². The van der Waals surface area contributed by atoms with Gasteiger partial charge in [-0.3, -0.25) is 14.6 Å². The lowest BCUT2D eigenvalue weighted by molar-refractivity contribution is -0.116. The molecule has 0 unspecified atom stereocenters. The molecule has 0 atom stereocenters. The minimum atomic E-state index is -0.219. The summed E-state index contributed by atoms with van der Waals surface area (Å²) in [5, 5.41) is 2.78. The first-order chi connectivity index (χ1) is 12.6. The highest BCUT2D eigenvalue weighted by Gasteiger charge is 2.11. The first-order valence-corrected chi connectivity index (χ1v) is 8.85. The van der Waals surface area contributed by atoms with Crippen molar-refractivity contribution in [3.05, 3.63) is 64.7 Å². The highest BCUT2D eigenvalue weighted by molar-refractivity contribution is 7.14. The molecule has 7 heteroatoms. The average Bonchev–Trinajstić information content (AvgIpc) is 3.07. The van der Waals surface area contributed by atoms with Crippen LogP contribution in [0, 0.1) is 6.92 Å². The molecule has 0 fully saturated rings. The van der Waals surface area contributed by atoms with Crippen molar-refractivity contribution in [3.8, 4) is 11.6 Å². The number of aryl methyl sites for hydroxylation is 1. The SMILES string of the molecule is Cc1ccc(C(=O)CCC(=O)Nc2cccc(Oc3cnccn3)c2)s1. The number of aromatic nitrogens is 2. The molecule has 6 nitrogen and oxygen atoms in total. The van der Waals surface area contributed by atoms with E-state index in [-0.39, 0.29) is 24.5 Å². The lowest BCUT2D eigenvalue weighted by Crippen LogP contribution is -2.13. The monoisotopic (exact) mass is 367 g/mol. The summed E-state index contributed by atoms with van der Waals surface area (Å²) in [5.74, 6) is 0.669. The fourth-order valence-corrected chi connectivity index (χ4v) is 3.09. The van der Waals surface area contributed by atoms with Crippen LogP contribution in [0.25, 0.3) is 0 Å². The summed E-state index contributed by atoms with van der Waals surface area (Å²) in [5.41, 5.74) is 0.593. The molecule has 0 aliphatic heterocycles. The number of ketones is 1. The van der Waals surface area contributed by atoms with Crippen LogP contribution in [-0.2, 0) is 4.79 Å². The van der Waals surface area contributed by atoms with E-state index in [1.807, 2.05) is 13.0 Å². The van der Waals surface area contributed by atoms with Gasteiger partial charge in [-0.15, -0.1) is 11.3 Å². The van der Waals surface area contributed by atoms with Crippen molar-refractivity contribution in [3.63, 3.8) is 0 Å². The number of benzene rings is 1. The molecule has 132 valence electrons. The summed E-state index contributed by atoms with van der Waals surface area (Å²) in [4.78, 5) is 33.9. The highest BCUT2D eigenvalue weighted by atomic mass is 32.1. The molecule has 0 radical (unpaired) electrons. The number of anilines is 1. The maximum Gasteiger partial charge on any atom is 0.237 e. The Kier molecular flexibility index (Phi) is 5.70. The van der Waals surface area contributed by atoms with Gasteiger partial charge >= 0.3 is 0 Å². The number of hydrogen-bond acceptors (Lipinski definition) is 6. The lowest BCUT2D eigenvalue weighted by atomic mass is 10.2. The molecule has 2 aromatic heterocycles. The van der Waals surface area contributed by atoms with Gasteiger partial charge in [0.15, 0.2) is 5.78 Å². The summed E-state index contributed by atoms with van der Waals surface area (Å²) in [6.07, 6.45) is 4.91. The minimum Gasteiger partial charge on any atom is -0.437 e. The molecule has 3 aromatic rings. The molecule has 3 rings (SSSR count). The van der Waals surface area contributed by atoms with Gasteiger partial charge in [0.05, 0.1) is 11.1 Å². The Bertz CT molecular complexity index is 909. The number of thiophene rings is 1. The van der Waals surface area contributed by atoms with Gasteiger partial charge in [0, 0.05) is 41.9 Å². The van der Waals surface area contributed by atoms with Crippen molar-refractivity contribution in [2.75, 3.05) is 5.32 Å². The van der Waals surface area contributed by atoms with Gasteiger partial charge < -0.3 is 10.1 Å². The van der Waals surface area contributed by atoms with Crippen LogP contribution in [0.3, 0.4) is 0 Å². The summed E-state index contributed by atoms with van der Waals surface area (Å²) in [6.45, 7) is 1.95. The van der Waals surface area contributed by atoms with Crippen molar-refractivity contribution < 1.29 is 14.3 Å². The van der Waals surface area contributed by atoms with Crippen molar-refractivity contribution in [2.45, 2.75) is 19.8 Å². The zero-order chi connectivity index (χ0) is 18.4. The zero-order valence-electron chi connectivity index (χ0n) is 14.1. The van der Waals surface area contributed by atoms with E-state index in [9.17, 15) is 9.59 Å². The molecule has 0 aliphatic carbocycles. The third kappa shape index (κ3) is 4.97. The molecule has 0 saturated heterocycles. The molecule has 26 heavy (non-hydrogen) atoms. The number of hydrogen-bond donors (Lipinski definition) is 1. The van der Waals surface area contributed by atoms with Crippen LogP contribution in [0.4, 0.5) is 5.69 Å². The first kappa shape index (κ1) is 17.8. The highest BCUT2D eigenvalue weighted by Crippen LogP contribution is 2.22. The van der Waals surface area contributed by atoms with Crippen LogP contribution in [0.1, 0.15) is 27.4 Å². The Morgan fingerprint density at radius 1 is 1.15 bits per heavy atom. The number of nitrogens with one attached hydrogen (secondary N) is 1. The van der Waals surface area contributed by atoms with Crippen LogP contribution >= 0.6 is 11.3 Å². The maximum absolute atomic E-state index is 12.1.